The summed E-state index contributed by atoms with van der Waals surface area (Å²) in [6, 6.07) is 5.97. The van der Waals surface area contributed by atoms with E-state index in [1.165, 1.54) is 17.7 Å². The van der Waals surface area contributed by atoms with Gasteiger partial charge >= 0.3 is 0 Å². The molecule has 23 heavy (non-hydrogen) atoms. The highest BCUT2D eigenvalue weighted by molar-refractivity contribution is 7.15. The van der Waals surface area contributed by atoms with Crippen molar-refractivity contribution in [2.45, 2.75) is 52.6 Å². The number of fused-ring (bicyclic) bond motifs is 1. The summed E-state index contributed by atoms with van der Waals surface area (Å²) >= 11 is 1.59. The summed E-state index contributed by atoms with van der Waals surface area (Å²) in [7, 11) is 0. The minimum atomic E-state index is -0.558. The summed E-state index contributed by atoms with van der Waals surface area (Å²) < 4.78 is 5.78. The van der Waals surface area contributed by atoms with E-state index in [0.29, 0.717) is 5.13 Å². The third-order valence-corrected chi connectivity index (χ3v) is 5.03. The summed E-state index contributed by atoms with van der Waals surface area (Å²) in [6.45, 7) is 5.80. The topological polar surface area (TPSA) is 51.2 Å². The van der Waals surface area contributed by atoms with Gasteiger partial charge in [-0.3, -0.25) is 10.1 Å². The number of rotatable bonds is 4. The molecule has 0 spiro atoms. The molecule has 0 bridgehead atoms. The zero-order valence-corrected chi connectivity index (χ0v) is 14.6. The second kappa shape index (κ2) is 6.71. The Morgan fingerprint density at radius 1 is 1.22 bits per heavy atom. The number of carbonyl (C=O) groups is 1. The van der Waals surface area contributed by atoms with Gasteiger partial charge in [-0.1, -0.05) is 6.07 Å². The van der Waals surface area contributed by atoms with E-state index in [0.717, 1.165) is 35.4 Å². The molecular weight excluding hydrogens is 308 g/mol. The summed E-state index contributed by atoms with van der Waals surface area (Å²) in [5.74, 6) is 0.568. The predicted octanol–water partition coefficient (Wildman–Crippen LogP) is 4.04. The number of nitrogens with one attached hydrogen (secondary N) is 1. The third kappa shape index (κ3) is 3.91. The van der Waals surface area contributed by atoms with Gasteiger partial charge in [0.1, 0.15) is 5.75 Å². The van der Waals surface area contributed by atoms with Crippen LogP contribution in [0.15, 0.2) is 18.2 Å². The molecule has 4 nitrogen and oxygen atoms in total. The summed E-state index contributed by atoms with van der Waals surface area (Å²) in [5, 5.41) is 3.58. The first-order valence-electron chi connectivity index (χ1n) is 8.05. The van der Waals surface area contributed by atoms with Crippen molar-refractivity contribution in [1.82, 2.24) is 4.98 Å². The van der Waals surface area contributed by atoms with E-state index in [4.69, 9.17) is 4.74 Å². The van der Waals surface area contributed by atoms with Crippen LogP contribution >= 0.6 is 11.3 Å². The van der Waals surface area contributed by atoms with Gasteiger partial charge in [-0.15, -0.1) is 11.3 Å². The molecule has 1 aromatic heterocycles. The number of ether oxygens (including phenoxy) is 1. The molecule has 1 aliphatic carbocycles. The van der Waals surface area contributed by atoms with Gasteiger partial charge in [-0.2, -0.15) is 0 Å². The molecule has 1 heterocycles. The molecule has 1 amide bonds. The van der Waals surface area contributed by atoms with Crippen molar-refractivity contribution >= 4 is 22.4 Å². The number of carbonyl (C=O) groups excluding carboxylic acids is 1. The molecular formula is C18H22N2O2S. The van der Waals surface area contributed by atoms with Crippen LogP contribution in [0.2, 0.25) is 0 Å². The monoisotopic (exact) mass is 330 g/mol. The fourth-order valence-corrected chi connectivity index (χ4v) is 3.92. The highest BCUT2D eigenvalue weighted by Gasteiger charge is 2.20. The summed E-state index contributed by atoms with van der Waals surface area (Å²) in [6.07, 6.45) is 3.95. The van der Waals surface area contributed by atoms with Crippen molar-refractivity contribution in [2.75, 3.05) is 5.32 Å². The van der Waals surface area contributed by atoms with Gasteiger partial charge in [0.2, 0.25) is 0 Å². The first-order chi connectivity index (χ1) is 11.0. The average molecular weight is 330 g/mol. The Bertz CT molecular complexity index is 680. The van der Waals surface area contributed by atoms with E-state index in [9.17, 15) is 4.79 Å². The smallest absolute Gasteiger partial charge is 0.266 e. The molecule has 3 rings (SSSR count). The Balaban J connectivity index is 1.64. The van der Waals surface area contributed by atoms with E-state index in [1.54, 1.807) is 18.3 Å². The van der Waals surface area contributed by atoms with Crippen LogP contribution in [-0.2, 0) is 17.6 Å². The molecule has 0 fully saturated rings. The molecule has 1 aromatic carbocycles. The molecule has 1 aliphatic rings. The van der Waals surface area contributed by atoms with Crippen LogP contribution in [0.4, 0.5) is 5.13 Å². The molecule has 122 valence electrons. The van der Waals surface area contributed by atoms with Gasteiger partial charge in [0.25, 0.3) is 5.91 Å². The highest BCUT2D eigenvalue weighted by atomic mass is 32.1. The van der Waals surface area contributed by atoms with Crippen molar-refractivity contribution in [3.05, 3.63) is 39.9 Å². The van der Waals surface area contributed by atoms with Crippen LogP contribution in [0.25, 0.3) is 0 Å². The SMILES string of the molecule is Cc1cc(C)cc(O[C@@H](C)C(=O)Nc2nc3c(s2)CCCC3)c1. The lowest BCUT2D eigenvalue weighted by molar-refractivity contribution is -0.122. The van der Waals surface area contributed by atoms with E-state index in [1.807, 2.05) is 26.0 Å². The lowest BCUT2D eigenvalue weighted by atomic mass is 10.0. The second-order valence-electron chi connectivity index (χ2n) is 6.17. The minimum absolute atomic E-state index is 0.157. The molecule has 1 N–H and O–H groups in total. The lowest BCUT2D eigenvalue weighted by Gasteiger charge is -2.14. The fraction of sp³-hybridized carbons (Fsp3) is 0.444. The number of anilines is 1. The van der Waals surface area contributed by atoms with E-state index >= 15 is 0 Å². The fourth-order valence-electron chi connectivity index (χ4n) is 2.87. The summed E-state index contributed by atoms with van der Waals surface area (Å²) in [5.41, 5.74) is 3.40. The van der Waals surface area contributed by atoms with Crippen molar-refractivity contribution in [3.8, 4) is 5.75 Å². The van der Waals surface area contributed by atoms with Gasteiger partial charge in [-0.25, -0.2) is 4.98 Å². The van der Waals surface area contributed by atoms with Crippen LogP contribution in [-0.4, -0.2) is 17.0 Å². The van der Waals surface area contributed by atoms with Gasteiger partial charge in [0.05, 0.1) is 5.69 Å². The molecule has 0 unspecified atom stereocenters. The Morgan fingerprint density at radius 3 is 2.61 bits per heavy atom. The van der Waals surface area contributed by atoms with Gasteiger partial charge < -0.3 is 4.74 Å². The van der Waals surface area contributed by atoms with Crippen molar-refractivity contribution in [1.29, 1.82) is 0 Å². The van der Waals surface area contributed by atoms with Gasteiger partial charge in [0, 0.05) is 4.88 Å². The molecule has 2 aromatic rings. The van der Waals surface area contributed by atoms with Crippen LogP contribution in [0.5, 0.6) is 5.75 Å². The maximum atomic E-state index is 12.3. The Labute approximate surface area is 140 Å². The number of hydrogen-bond donors (Lipinski definition) is 1. The molecule has 0 saturated heterocycles. The van der Waals surface area contributed by atoms with Crippen molar-refractivity contribution in [3.63, 3.8) is 0 Å². The molecule has 5 heteroatoms. The van der Waals surface area contributed by atoms with Gasteiger partial charge in [0.15, 0.2) is 11.2 Å². The molecule has 0 aliphatic heterocycles. The number of nitrogens with zero attached hydrogens (tertiary/aromatic N) is 1. The average Bonchev–Trinajstić information content (AvgIpc) is 2.88. The zero-order valence-electron chi connectivity index (χ0n) is 13.8. The van der Waals surface area contributed by atoms with Crippen LogP contribution in [0.3, 0.4) is 0 Å². The Kier molecular flexibility index (Phi) is 4.66. The Morgan fingerprint density at radius 2 is 1.91 bits per heavy atom. The minimum Gasteiger partial charge on any atom is -0.481 e. The molecule has 1 atom stereocenters. The highest BCUT2D eigenvalue weighted by Crippen LogP contribution is 2.29. The van der Waals surface area contributed by atoms with Gasteiger partial charge in [-0.05, 0) is 69.7 Å². The first kappa shape index (κ1) is 16.0. The number of thiazole rings is 1. The number of hydrogen-bond acceptors (Lipinski definition) is 4. The van der Waals surface area contributed by atoms with Crippen molar-refractivity contribution in [2.24, 2.45) is 0 Å². The van der Waals surface area contributed by atoms with Crippen LogP contribution in [0.1, 0.15) is 41.5 Å². The Hall–Kier alpha value is -1.88. The molecule has 0 saturated carbocycles. The van der Waals surface area contributed by atoms with Crippen LogP contribution in [0, 0.1) is 13.8 Å². The zero-order chi connectivity index (χ0) is 16.4. The van der Waals surface area contributed by atoms with E-state index in [2.05, 4.69) is 16.4 Å². The van der Waals surface area contributed by atoms with E-state index < -0.39 is 6.10 Å². The lowest BCUT2D eigenvalue weighted by Crippen LogP contribution is -2.30. The second-order valence-corrected chi connectivity index (χ2v) is 7.25. The standard InChI is InChI=1S/C18H22N2O2S/c1-11-8-12(2)10-14(9-11)22-13(3)17(21)20-18-19-15-6-4-5-7-16(15)23-18/h8-10,13H,4-7H2,1-3H3,(H,19,20,21)/t13-/m0/s1. The third-order valence-electron chi connectivity index (χ3n) is 3.95. The number of amides is 1. The maximum absolute atomic E-state index is 12.3. The quantitative estimate of drug-likeness (QED) is 0.920. The maximum Gasteiger partial charge on any atom is 0.266 e. The normalized spacial score (nSPS) is 14.9. The largest absolute Gasteiger partial charge is 0.481 e. The number of benzene rings is 1. The predicted molar refractivity (Wildman–Crippen MR) is 93.4 cm³/mol. The van der Waals surface area contributed by atoms with Crippen molar-refractivity contribution < 1.29 is 9.53 Å². The first-order valence-corrected chi connectivity index (χ1v) is 8.87. The number of aromatic nitrogens is 1. The van der Waals surface area contributed by atoms with E-state index in [-0.39, 0.29) is 5.91 Å². The van der Waals surface area contributed by atoms with Crippen LogP contribution < -0.4 is 10.1 Å². The summed E-state index contributed by atoms with van der Waals surface area (Å²) in [4.78, 5) is 18.2. The number of aryl methyl sites for hydroxylation is 4. The molecule has 0 radical (unpaired) electrons.